The van der Waals surface area contributed by atoms with E-state index in [-0.39, 0.29) is 24.3 Å². The molecule has 1 aromatic heterocycles. The van der Waals surface area contributed by atoms with Gasteiger partial charge in [-0.25, -0.2) is 27.0 Å². The molecule has 0 aliphatic rings. The first-order chi connectivity index (χ1) is 9.59. The summed E-state index contributed by atoms with van der Waals surface area (Å²) in [4.78, 5) is 3.35. The lowest BCUT2D eigenvalue weighted by Crippen LogP contribution is -2.15. The van der Waals surface area contributed by atoms with E-state index in [1.54, 1.807) is 0 Å². The van der Waals surface area contributed by atoms with Gasteiger partial charge in [-0.1, -0.05) is 34.5 Å². The second kappa shape index (κ2) is 5.71. The number of rotatable bonds is 4. The zero-order valence-electron chi connectivity index (χ0n) is 9.95. The molecule has 1 aromatic carbocycles. The van der Waals surface area contributed by atoms with Crippen molar-refractivity contribution >= 4 is 60.3 Å². The van der Waals surface area contributed by atoms with Crippen LogP contribution in [0, 0.1) is 0 Å². The van der Waals surface area contributed by atoms with E-state index in [1.165, 1.54) is 12.1 Å². The molecule has 21 heavy (non-hydrogen) atoms. The van der Waals surface area contributed by atoms with Crippen molar-refractivity contribution in [2.24, 2.45) is 5.14 Å². The van der Waals surface area contributed by atoms with Gasteiger partial charge in [-0.2, -0.15) is 0 Å². The normalized spacial score (nSPS) is 12.3. The quantitative estimate of drug-likeness (QED) is 0.829. The summed E-state index contributed by atoms with van der Waals surface area (Å²) in [6, 6.07) is 3.41. The van der Waals surface area contributed by atoms with E-state index in [0.717, 1.165) is 23.6 Å². The molecule has 0 aliphatic carbocycles. The van der Waals surface area contributed by atoms with Gasteiger partial charge in [0.05, 0.1) is 21.8 Å². The van der Waals surface area contributed by atoms with Crippen LogP contribution in [0.5, 0.6) is 0 Å². The van der Waals surface area contributed by atoms with Crippen molar-refractivity contribution in [2.45, 2.75) is 9.10 Å². The first kappa shape index (κ1) is 16.5. The Labute approximate surface area is 134 Å². The van der Waals surface area contributed by atoms with Crippen molar-refractivity contribution in [3.63, 3.8) is 0 Å². The van der Waals surface area contributed by atoms with Gasteiger partial charge in [0.2, 0.25) is 10.0 Å². The van der Waals surface area contributed by atoms with Crippen LogP contribution in [0.1, 0.15) is 0 Å². The lowest BCUT2D eigenvalue weighted by molar-refractivity contribution is 0.596. The zero-order chi connectivity index (χ0) is 15.8. The number of halogens is 2. The Morgan fingerprint density at radius 2 is 1.86 bits per heavy atom. The lowest BCUT2D eigenvalue weighted by atomic mass is 10.3. The fraction of sp³-hybridized carbons (Fsp3) is 0. The van der Waals surface area contributed by atoms with Crippen LogP contribution in [0.2, 0.25) is 9.49 Å². The predicted molar refractivity (Wildman–Crippen MR) is 80.8 cm³/mol. The van der Waals surface area contributed by atoms with Gasteiger partial charge >= 0.3 is 0 Å². The van der Waals surface area contributed by atoms with Gasteiger partial charge in [0.25, 0.3) is 10.0 Å². The first-order valence-corrected chi connectivity index (χ1v) is 9.66. The highest BCUT2D eigenvalue weighted by Gasteiger charge is 2.20. The number of nitrogens with one attached hydrogen (secondary N) is 1. The fourth-order valence-electron chi connectivity index (χ4n) is 1.32. The van der Waals surface area contributed by atoms with Gasteiger partial charge < -0.3 is 0 Å². The summed E-state index contributed by atoms with van der Waals surface area (Å²) < 4.78 is 48.8. The Hall–Kier alpha value is -0.910. The number of nitrogens with two attached hydrogens (primary N) is 1. The number of nitrogens with zero attached hydrogens (tertiary/aromatic N) is 1. The maximum atomic E-state index is 12.1. The highest BCUT2D eigenvalue weighted by Crippen LogP contribution is 2.29. The van der Waals surface area contributed by atoms with E-state index >= 15 is 0 Å². The molecule has 114 valence electrons. The van der Waals surface area contributed by atoms with Crippen LogP contribution >= 0.6 is 34.5 Å². The topological polar surface area (TPSA) is 119 Å². The maximum absolute atomic E-state index is 12.1. The SMILES string of the molecule is NS(=O)(=O)c1ccc(Cl)c(NS(=O)(=O)c2cnc(Cl)s2)c1. The number of hydrogen-bond donors (Lipinski definition) is 2. The second-order valence-corrected chi connectivity index (χ2v) is 9.22. The Morgan fingerprint density at radius 3 is 2.38 bits per heavy atom. The molecule has 2 aromatic rings. The van der Waals surface area contributed by atoms with Crippen LogP contribution in [0.3, 0.4) is 0 Å². The van der Waals surface area contributed by atoms with Gasteiger partial charge in [-0.15, -0.1) is 0 Å². The van der Waals surface area contributed by atoms with Gasteiger partial charge in [-0.3, -0.25) is 4.72 Å². The molecule has 0 saturated heterocycles. The van der Waals surface area contributed by atoms with Crippen LogP contribution in [0.15, 0.2) is 33.5 Å². The fourth-order valence-corrected chi connectivity index (χ4v) is 4.44. The molecule has 0 atom stereocenters. The number of benzene rings is 1. The largest absolute Gasteiger partial charge is 0.277 e. The average Bonchev–Trinajstić information content (AvgIpc) is 2.78. The Bertz CT molecular complexity index is 893. The van der Waals surface area contributed by atoms with Crippen molar-refractivity contribution in [1.82, 2.24) is 4.98 Å². The molecule has 3 N–H and O–H groups in total. The second-order valence-electron chi connectivity index (χ2n) is 3.72. The molecular formula is C9H7Cl2N3O4S3. The summed E-state index contributed by atoms with van der Waals surface area (Å²) in [7, 11) is -7.96. The number of anilines is 1. The van der Waals surface area contributed by atoms with E-state index in [1.807, 2.05) is 0 Å². The molecule has 0 spiro atoms. The molecule has 0 radical (unpaired) electrons. The molecule has 0 bridgehead atoms. The summed E-state index contributed by atoms with van der Waals surface area (Å²) >= 11 is 12.2. The van der Waals surface area contributed by atoms with Crippen LogP contribution in [0.25, 0.3) is 0 Å². The van der Waals surface area contributed by atoms with Crippen molar-refractivity contribution in [3.8, 4) is 0 Å². The van der Waals surface area contributed by atoms with Crippen LogP contribution < -0.4 is 9.86 Å². The summed E-state index contributed by atoms with van der Waals surface area (Å²) in [5.41, 5.74) is -0.118. The van der Waals surface area contributed by atoms with Crippen molar-refractivity contribution in [1.29, 1.82) is 0 Å². The minimum absolute atomic E-state index is 0.0154. The van der Waals surface area contributed by atoms with Gasteiger partial charge in [0.1, 0.15) is 0 Å². The molecule has 0 amide bonds. The van der Waals surface area contributed by atoms with Crippen molar-refractivity contribution < 1.29 is 16.8 Å². The Balaban J connectivity index is 2.44. The smallest absolute Gasteiger partial charge is 0.273 e. The minimum atomic E-state index is -3.98. The highest BCUT2D eigenvalue weighted by atomic mass is 35.5. The van der Waals surface area contributed by atoms with Crippen LogP contribution in [-0.4, -0.2) is 21.8 Å². The molecule has 0 unspecified atom stereocenters. The molecule has 12 heteroatoms. The van der Waals surface area contributed by atoms with Crippen LogP contribution in [-0.2, 0) is 20.0 Å². The number of thiazole rings is 1. The van der Waals surface area contributed by atoms with Crippen molar-refractivity contribution in [2.75, 3.05) is 4.72 Å². The summed E-state index contributed by atoms with van der Waals surface area (Å²) in [5.74, 6) is 0. The van der Waals surface area contributed by atoms with Gasteiger partial charge in [0.15, 0.2) is 8.68 Å². The monoisotopic (exact) mass is 387 g/mol. The zero-order valence-corrected chi connectivity index (χ0v) is 13.9. The summed E-state index contributed by atoms with van der Waals surface area (Å²) in [5, 5.41) is 5.00. The third-order valence-electron chi connectivity index (χ3n) is 2.23. The molecule has 0 aliphatic heterocycles. The Kier molecular flexibility index (Phi) is 4.47. The van der Waals surface area contributed by atoms with E-state index in [4.69, 9.17) is 28.3 Å². The molecule has 7 nitrogen and oxygen atoms in total. The molecule has 2 rings (SSSR count). The summed E-state index contributed by atoms with van der Waals surface area (Å²) in [6.45, 7) is 0. The number of sulfonamides is 2. The van der Waals surface area contributed by atoms with E-state index in [2.05, 4.69) is 9.71 Å². The van der Waals surface area contributed by atoms with Crippen LogP contribution in [0.4, 0.5) is 5.69 Å². The molecular weight excluding hydrogens is 381 g/mol. The standard InChI is InChI=1S/C9H7Cl2N3O4S3/c10-6-2-1-5(20(12,15)16)3-7(6)14-21(17,18)8-4-13-9(11)19-8/h1-4,14H,(H2,12,15,16). The van der Waals surface area contributed by atoms with E-state index < -0.39 is 20.0 Å². The highest BCUT2D eigenvalue weighted by molar-refractivity contribution is 7.94. The minimum Gasteiger partial charge on any atom is -0.277 e. The number of aromatic nitrogens is 1. The van der Waals surface area contributed by atoms with E-state index in [0.29, 0.717) is 0 Å². The number of hydrogen-bond acceptors (Lipinski definition) is 6. The molecule has 0 fully saturated rings. The van der Waals surface area contributed by atoms with Crippen molar-refractivity contribution in [3.05, 3.63) is 33.9 Å². The lowest BCUT2D eigenvalue weighted by Gasteiger charge is -2.09. The molecule has 0 saturated carbocycles. The average molecular weight is 388 g/mol. The Morgan fingerprint density at radius 1 is 1.19 bits per heavy atom. The number of primary sulfonamides is 1. The first-order valence-electron chi connectivity index (χ1n) is 5.06. The maximum Gasteiger partial charge on any atom is 0.273 e. The predicted octanol–water partition coefficient (Wildman–Crippen LogP) is 1.90. The third kappa shape index (κ3) is 3.84. The third-order valence-corrected chi connectivity index (χ3v) is 6.41. The molecule has 1 heterocycles. The summed E-state index contributed by atoms with van der Waals surface area (Å²) in [6.07, 6.45) is 1.08. The van der Waals surface area contributed by atoms with Gasteiger partial charge in [-0.05, 0) is 18.2 Å². The van der Waals surface area contributed by atoms with Gasteiger partial charge in [0, 0.05) is 0 Å². The van der Waals surface area contributed by atoms with E-state index in [9.17, 15) is 16.8 Å².